The molecule has 1 saturated heterocycles. The van der Waals surface area contributed by atoms with Gasteiger partial charge in [-0.1, -0.05) is 12.1 Å². The molecule has 1 N–H and O–H groups in total. The van der Waals surface area contributed by atoms with E-state index in [2.05, 4.69) is 16.4 Å². The molecule has 0 bridgehead atoms. The predicted molar refractivity (Wildman–Crippen MR) is 113 cm³/mol. The van der Waals surface area contributed by atoms with Gasteiger partial charge in [0.1, 0.15) is 5.69 Å². The molecule has 3 aromatic rings. The van der Waals surface area contributed by atoms with Crippen LogP contribution in [0.4, 0.5) is 5.69 Å². The van der Waals surface area contributed by atoms with Gasteiger partial charge in [0.15, 0.2) is 0 Å². The van der Waals surface area contributed by atoms with Crippen LogP contribution in [0.3, 0.4) is 0 Å². The van der Waals surface area contributed by atoms with E-state index in [0.717, 1.165) is 56.7 Å². The van der Waals surface area contributed by atoms with E-state index >= 15 is 0 Å². The van der Waals surface area contributed by atoms with Crippen molar-refractivity contribution in [2.24, 2.45) is 0 Å². The summed E-state index contributed by atoms with van der Waals surface area (Å²) in [6.07, 6.45) is 8.84. The quantitative estimate of drug-likeness (QED) is 0.698. The number of imidazole rings is 1. The molecule has 7 nitrogen and oxygen atoms in total. The number of aryl methyl sites for hydroxylation is 1. The lowest BCUT2D eigenvalue weighted by atomic mass is 9.97. The highest BCUT2D eigenvalue weighted by Crippen LogP contribution is 2.30. The van der Waals surface area contributed by atoms with Crippen LogP contribution in [0.15, 0.2) is 30.6 Å². The normalized spacial score (nSPS) is 16.6. The molecule has 2 aliphatic rings. The van der Waals surface area contributed by atoms with Crippen molar-refractivity contribution in [1.82, 2.24) is 14.4 Å². The van der Waals surface area contributed by atoms with Crippen molar-refractivity contribution in [2.75, 3.05) is 25.1 Å². The topological polar surface area (TPSA) is 77.8 Å². The second kappa shape index (κ2) is 8.07. The van der Waals surface area contributed by atoms with Crippen LogP contribution in [-0.2, 0) is 17.6 Å². The van der Waals surface area contributed by atoms with Crippen molar-refractivity contribution < 1.29 is 14.3 Å². The molecule has 1 aliphatic heterocycles. The van der Waals surface area contributed by atoms with Gasteiger partial charge in [0.25, 0.3) is 11.8 Å². The Hall–Kier alpha value is -2.93. The number of ether oxygens (including phenoxy) is 2. The maximum Gasteiger partial charge on any atom is 0.275 e. The average Bonchev–Trinajstić information content (AvgIpc) is 3.42. The standard InChI is InChI=1S/C23H26N4O3/c1-2-30-23-21-24-19(16-9-11-29-12-10-16)13-27(21)14-20(26-23)22(28)25-18-8-4-6-15-5-3-7-17(15)18/h4,6,8,13-14,16H,2-3,5,7,9-12H2,1H3,(H,25,28). The summed E-state index contributed by atoms with van der Waals surface area (Å²) in [5.74, 6) is 0.513. The van der Waals surface area contributed by atoms with Crippen molar-refractivity contribution >= 4 is 17.2 Å². The van der Waals surface area contributed by atoms with Gasteiger partial charge in [-0.3, -0.25) is 9.20 Å². The Morgan fingerprint density at radius 2 is 2.10 bits per heavy atom. The van der Waals surface area contributed by atoms with Gasteiger partial charge in [-0.2, -0.15) is 0 Å². The van der Waals surface area contributed by atoms with Gasteiger partial charge in [-0.25, -0.2) is 9.97 Å². The fraction of sp³-hybridized carbons (Fsp3) is 0.435. The van der Waals surface area contributed by atoms with Gasteiger partial charge in [0.05, 0.1) is 12.3 Å². The number of hydrogen-bond donors (Lipinski definition) is 1. The lowest BCUT2D eigenvalue weighted by molar-refractivity contribution is 0.0846. The minimum Gasteiger partial charge on any atom is -0.475 e. The summed E-state index contributed by atoms with van der Waals surface area (Å²) in [5, 5.41) is 3.06. The van der Waals surface area contributed by atoms with Crippen molar-refractivity contribution in [3.63, 3.8) is 0 Å². The average molecular weight is 406 g/mol. The highest BCUT2D eigenvalue weighted by Gasteiger charge is 2.22. The van der Waals surface area contributed by atoms with Crippen LogP contribution in [0.1, 0.15) is 59.4 Å². The molecular weight excluding hydrogens is 380 g/mol. The highest BCUT2D eigenvalue weighted by molar-refractivity contribution is 6.03. The molecule has 30 heavy (non-hydrogen) atoms. The third kappa shape index (κ3) is 3.54. The summed E-state index contributed by atoms with van der Waals surface area (Å²) >= 11 is 0. The minimum atomic E-state index is -0.237. The molecule has 2 aromatic heterocycles. The maximum absolute atomic E-state index is 13.0. The molecular formula is C23H26N4O3. The Morgan fingerprint density at radius 1 is 1.23 bits per heavy atom. The fourth-order valence-electron chi connectivity index (χ4n) is 4.45. The number of carbonyl (C=O) groups excluding carboxylic acids is 1. The molecule has 1 aromatic carbocycles. The number of benzene rings is 1. The van der Waals surface area contributed by atoms with Crippen LogP contribution in [-0.4, -0.2) is 40.1 Å². The lowest BCUT2D eigenvalue weighted by Gasteiger charge is -2.19. The summed E-state index contributed by atoms with van der Waals surface area (Å²) in [6.45, 7) is 3.87. The van der Waals surface area contributed by atoms with E-state index in [9.17, 15) is 4.79 Å². The Kier molecular flexibility index (Phi) is 5.12. The molecule has 0 unspecified atom stereocenters. The van der Waals surface area contributed by atoms with E-state index in [4.69, 9.17) is 14.5 Å². The monoisotopic (exact) mass is 406 g/mol. The van der Waals surface area contributed by atoms with Crippen molar-refractivity contribution in [1.29, 1.82) is 0 Å². The molecule has 0 atom stereocenters. The highest BCUT2D eigenvalue weighted by atomic mass is 16.5. The summed E-state index contributed by atoms with van der Waals surface area (Å²) in [7, 11) is 0. The van der Waals surface area contributed by atoms with Crippen LogP contribution >= 0.6 is 0 Å². The zero-order chi connectivity index (χ0) is 20.5. The van der Waals surface area contributed by atoms with E-state index < -0.39 is 0 Å². The largest absolute Gasteiger partial charge is 0.475 e. The Morgan fingerprint density at radius 3 is 2.93 bits per heavy atom. The van der Waals surface area contributed by atoms with Crippen LogP contribution in [0.25, 0.3) is 5.65 Å². The number of anilines is 1. The molecule has 5 rings (SSSR count). The molecule has 156 valence electrons. The second-order valence-corrected chi connectivity index (χ2v) is 7.90. The smallest absolute Gasteiger partial charge is 0.275 e. The molecule has 0 spiro atoms. The van der Waals surface area contributed by atoms with Gasteiger partial charge < -0.3 is 14.8 Å². The van der Waals surface area contributed by atoms with Gasteiger partial charge >= 0.3 is 0 Å². The number of nitrogens with one attached hydrogen (secondary N) is 1. The fourth-order valence-corrected chi connectivity index (χ4v) is 4.45. The van der Waals surface area contributed by atoms with E-state index in [1.54, 1.807) is 6.20 Å². The summed E-state index contributed by atoms with van der Waals surface area (Å²) in [4.78, 5) is 22.3. The molecule has 1 fully saturated rings. The van der Waals surface area contributed by atoms with Crippen LogP contribution in [0.2, 0.25) is 0 Å². The molecule has 0 saturated carbocycles. The number of nitrogens with zero attached hydrogens (tertiary/aromatic N) is 3. The Balaban J connectivity index is 1.47. The van der Waals surface area contributed by atoms with Crippen LogP contribution < -0.4 is 10.1 Å². The van der Waals surface area contributed by atoms with E-state index in [-0.39, 0.29) is 5.91 Å². The zero-order valence-corrected chi connectivity index (χ0v) is 17.2. The van der Waals surface area contributed by atoms with Crippen molar-refractivity contribution in [3.05, 3.63) is 53.1 Å². The van der Waals surface area contributed by atoms with E-state index in [1.165, 1.54) is 11.1 Å². The minimum absolute atomic E-state index is 0.237. The van der Waals surface area contributed by atoms with E-state index in [0.29, 0.717) is 29.7 Å². The molecule has 1 aliphatic carbocycles. The third-order valence-electron chi connectivity index (χ3n) is 5.97. The first-order chi connectivity index (χ1) is 14.7. The van der Waals surface area contributed by atoms with Gasteiger partial charge in [0, 0.05) is 37.2 Å². The zero-order valence-electron chi connectivity index (χ0n) is 17.2. The summed E-state index contributed by atoms with van der Waals surface area (Å²) < 4.78 is 13.1. The molecule has 7 heteroatoms. The van der Waals surface area contributed by atoms with Crippen LogP contribution in [0.5, 0.6) is 5.88 Å². The number of rotatable bonds is 5. The van der Waals surface area contributed by atoms with Gasteiger partial charge in [0.2, 0.25) is 5.65 Å². The SMILES string of the molecule is CCOc1nc(C(=O)Nc2cccc3c2CCC3)cn2cc(C3CCOCC3)nc12. The second-order valence-electron chi connectivity index (χ2n) is 7.90. The number of amides is 1. The lowest BCUT2D eigenvalue weighted by Crippen LogP contribution is -2.16. The predicted octanol–water partition coefficient (Wildman–Crippen LogP) is 3.76. The Labute approximate surface area is 175 Å². The summed E-state index contributed by atoms with van der Waals surface area (Å²) in [6, 6.07) is 6.10. The molecule has 1 amide bonds. The molecule has 0 radical (unpaired) electrons. The first-order valence-corrected chi connectivity index (χ1v) is 10.7. The number of fused-ring (bicyclic) bond motifs is 2. The Bertz CT molecular complexity index is 1090. The van der Waals surface area contributed by atoms with Crippen LogP contribution in [0, 0.1) is 0 Å². The number of hydrogen-bond acceptors (Lipinski definition) is 5. The molecule has 3 heterocycles. The first kappa shape index (κ1) is 19.1. The number of aromatic nitrogens is 3. The number of carbonyl (C=O) groups is 1. The summed E-state index contributed by atoms with van der Waals surface area (Å²) in [5.41, 5.74) is 5.40. The van der Waals surface area contributed by atoms with Crippen molar-refractivity contribution in [3.8, 4) is 5.88 Å². The first-order valence-electron chi connectivity index (χ1n) is 10.7. The maximum atomic E-state index is 13.0. The van der Waals surface area contributed by atoms with E-state index in [1.807, 2.05) is 29.7 Å². The van der Waals surface area contributed by atoms with Crippen molar-refractivity contribution in [2.45, 2.75) is 44.9 Å². The van der Waals surface area contributed by atoms with Gasteiger partial charge in [-0.05, 0) is 56.2 Å². The van der Waals surface area contributed by atoms with Gasteiger partial charge in [-0.15, -0.1) is 0 Å². The third-order valence-corrected chi connectivity index (χ3v) is 5.97.